The van der Waals surface area contributed by atoms with Crippen LogP contribution in [0.15, 0.2) is 158 Å². The molecule has 2 aliphatic rings. The molecule has 0 N–H and O–H groups in total. The van der Waals surface area contributed by atoms with Crippen LogP contribution in [0.25, 0.3) is 45.3 Å². The van der Waals surface area contributed by atoms with Crippen LogP contribution in [-0.4, -0.2) is 38.6 Å². The Morgan fingerprint density at radius 2 is 0.870 bits per heavy atom. The van der Waals surface area contributed by atoms with E-state index < -0.39 is 29.1 Å². The van der Waals surface area contributed by atoms with Crippen molar-refractivity contribution in [2.75, 3.05) is 4.90 Å². The number of amides is 2. The van der Waals surface area contributed by atoms with Crippen LogP contribution in [-0.2, 0) is 15.0 Å². The van der Waals surface area contributed by atoms with Crippen molar-refractivity contribution in [3.05, 3.63) is 180 Å². The molecule has 10 heteroatoms. The van der Waals surface area contributed by atoms with Crippen LogP contribution in [0.4, 0.5) is 23.2 Å². The normalized spacial score (nSPS) is 18.0. The fourth-order valence-corrected chi connectivity index (χ4v) is 7.57. The maximum atomic E-state index is 14.2. The predicted octanol–water partition coefficient (Wildman–Crippen LogP) is 9.38. The minimum atomic E-state index is -5.16. The first-order valence-electron chi connectivity index (χ1n) is 17.0. The highest BCUT2D eigenvalue weighted by atomic mass is 19.3. The number of aromatic nitrogens is 3. The molecule has 0 bridgehead atoms. The monoisotopic (exact) mass is 718 g/mol. The summed E-state index contributed by atoms with van der Waals surface area (Å²) in [7, 11) is 0. The van der Waals surface area contributed by atoms with Gasteiger partial charge in [0.05, 0.1) is 11.1 Å². The molecule has 1 aliphatic heterocycles. The Bertz CT molecular complexity index is 2520. The molecule has 9 rings (SSSR count). The van der Waals surface area contributed by atoms with Gasteiger partial charge in [-0.3, -0.25) is 9.59 Å². The molecule has 7 aromatic rings. The molecule has 1 aliphatic carbocycles. The van der Waals surface area contributed by atoms with Crippen molar-refractivity contribution < 1.29 is 27.2 Å². The van der Waals surface area contributed by atoms with E-state index in [-0.39, 0.29) is 10.6 Å². The molecule has 1 fully saturated rings. The topological polar surface area (TPSA) is 76.1 Å². The highest BCUT2D eigenvalue weighted by Crippen LogP contribution is 2.57. The molecule has 1 unspecified atom stereocenters. The first kappa shape index (κ1) is 33.1. The van der Waals surface area contributed by atoms with Crippen LogP contribution in [0.1, 0.15) is 22.3 Å². The van der Waals surface area contributed by atoms with Gasteiger partial charge in [-0.15, -0.1) is 0 Å². The van der Waals surface area contributed by atoms with Gasteiger partial charge in [0.1, 0.15) is 0 Å². The average Bonchev–Trinajstić information content (AvgIpc) is 3.57. The number of rotatable bonds is 6. The molecule has 6 nitrogen and oxygen atoms in total. The van der Waals surface area contributed by atoms with Crippen molar-refractivity contribution in [1.29, 1.82) is 0 Å². The summed E-state index contributed by atoms with van der Waals surface area (Å²) in [4.78, 5) is 39.4. The van der Waals surface area contributed by atoms with Crippen molar-refractivity contribution in [2.45, 2.75) is 17.3 Å². The Morgan fingerprint density at radius 3 is 1.43 bits per heavy atom. The molecule has 0 spiro atoms. The third-order valence-corrected chi connectivity index (χ3v) is 10.1. The third kappa shape index (κ3) is 4.76. The van der Waals surface area contributed by atoms with Crippen LogP contribution in [0, 0.1) is 0 Å². The van der Waals surface area contributed by atoms with Crippen molar-refractivity contribution in [3.63, 3.8) is 0 Å². The summed E-state index contributed by atoms with van der Waals surface area (Å²) in [6, 6.07) is 48.6. The van der Waals surface area contributed by atoms with E-state index in [1.165, 1.54) is 12.1 Å². The fourth-order valence-electron chi connectivity index (χ4n) is 7.57. The molecule has 6 aromatic carbocycles. The van der Waals surface area contributed by atoms with Crippen molar-refractivity contribution in [3.8, 4) is 45.3 Å². The molecule has 1 atom stereocenters. The number of imide groups is 1. The SMILES string of the molecule is O=C1N(c2ccc(C3(c4ccccc4)c4ccccc4-c4cc(-c5nc(-c6ccccc6)nc(-c6ccccc6)n5)ccc43)cc2)C(=O)C(F)(F)C1(F)F. The number of anilines is 1. The summed E-state index contributed by atoms with van der Waals surface area (Å²) in [6.45, 7) is 0. The maximum absolute atomic E-state index is 14.2. The van der Waals surface area contributed by atoms with E-state index in [0.717, 1.165) is 44.5 Å². The van der Waals surface area contributed by atoms with E-state index in [1.54, 1.807) is 12.1 Å². The molecule has 262 valence electrons. The van der Waals surface area contributed by atoms with Crippen LogP contribution in [0.2, 0.25) is 0 Å². The number of benzene rings is 6. The Balaban J connectivity index is 1.23. The van der Waals surface area contributed by atoms with Gasteiger partial charge in [-0.05, 0) is 51.6 Å². The molecule has 1 saturated heterocycles. The molecule has 0 radical (unpaired) electrons. The van der Waals surface area contributed by atoms with E-state index in [9.17, 15) is 27.2 Å². The lowest BCUT2D eigenvalue weighted by Crippen LogP contribution is -2.43. The lowest BCUT2D eigenvalue weighted by molar-refractivity contribution is -0.192. The van der Waals surface area contributed by atoms with Crippen molar-refractivity contribution in [1.82, 2.24) is 15.0 Å². The zero-order chi connectivity index (χ0) is 37.2. The van der Waals surface area contributed by atoms with Gasteiger partial charge in [0, 0.05) is 16.7 Å². The number of nitrogens with zero attached hydrogens (tertiary/aromatic N) is 4. The van der Waals surface area contributed by atoms with E-state index in [4.69, 9.17) is 15.0 Å². The predicted molar refractivity (Wildman–Crippen MR) is 196 cm³/mol. The van der Waals surface area contributed by atoms with Gasteiger partial charge in [0.25, 0.3) is 0 Å². The molecule has 2 amide bonds. The Morgan fingerprint density at radius 1 is 0.426 bits per heavy atom. The second-order valence-corrected chi connectivity index (χ2v) is 13.1. The minimum absolute atomic E-state index is 0.135. The summed E-state index contributed by atoms with van der Waals surface area (Å²) >= 11 is 0. The summed E-state index contributed by atoms with van der Waals surface area (Å²) < 4.78 is 57.0. The fraction of sp³-hybridized carbons (Fsp3) is 0.0682. The summed E-state index contributed by atoms with van der Waals surface area (Å²) in [5, 5.41) is 0. The molecule has 0 saturated carbocycles. The van der Waals surface area contributed by atoms with E-state index in [2.05, 4.69) is 0 Å². The van der Waals surface area contributed by atoms with Crippen LogP contribution in [0.5, 0.6) is 0 Å². The van der Waals surface area contributed by atoms with E-state index in [1.807, 2.05) is 133 Å². The average molecular weight is 719 g/mol. The first-order valence-corrected chi connectivity index (χ1v) is 17.0. The van der Waals surface area contributed by atoms with Gasteiger partial charge in [0.15, 0.2) is 17.5 Å². The second-order valence-electron chi connectivity index (χ2n) is 13.1. The summed E-state index contributed by atoms with van der Waals surface area (Å²) in [6.07, 6.45) is 0. The lowest BCUT2D eigenvalue weighted by Gasteiger charge is -2.34. The summed E-state index contributed by atoms with van der Waals surface area (Å²) in [5.74, 6) is -13.3. The Kier molecular flexibility index (Phi) is 7.42. The van der Waals surface area contributed by atoms with Crippen LogP contribution >= 0.6 is 0 Å². The zero-order valence-corrected chi connectivity index (χ0v) is 28.1. The van der Waals surface area contributed by atoms with Gasteiger partial charge in [0.2, 0.25) is 0 Å². The molecule has 2 heterocycles. The quantitative estimate of drug-likeness (QED) is 0.127. The van der Waals surface area contributed by atoms with Gasteiger partial charge in [-0.25, -0.2) is 19.9 Å². The van der Waals surface area contributed by atoms with Gasteiger partial charge < -0.3 is 0 Å². The number of halogens is 4. The molecular weight excluding hydrogens is 693 g/mol. The third-order valence-electron chi connectivity index (χ3n) is 10.1. The molecular formula is C44H26F4N4O2. The molecule has 1 aromatic heterocycles. The number of alkyl halides is 4. The first-order chi connectivity index (χ1) is 26.1. The number of carbonyl (C=O) groups is 2. The van der Waals surface area contributed by atoms with E-state index in [0.29, 0.717) is 23.0 Å². The smallest absolute Gasteiger partial charge is 0.267 e. The minimum Gasteiger partial charge on any atom is -0.267 e. The van der Waals surface area contributed by atoms with Gasteiger partial charge in [-0.2, -0.15) is 17.6 Å². The van der Waals surface area contributed by atoms with Crippen molar-refractivity contribution in [2.24, 2.45) is 0 Å². The largest absolute Gasteiger partial charge is 0.396 e. The highest BCUT2D eigenvalue weighted by Gasteiger charge is 2.76. The number of hydrogen-bond donors (Lipinski definition) is 0. The van der Waals surface area contributed by atoms with Crippen LogP contribution < -0.4 is 4.90 Å². The van der Waals surface area contributed by atoms with Crippen LogP contribution in [0.3, 0.4) is 0 Å². The number of hydrogen-bond acceptors (Lipinski definition) is 5. The Labute approximate surface area is 306 Å². The number of carbonyl (C=O) groups excluding carboxylic acids is 2. The van der Waals surface area contributed by atoms with Crippen molar-refractivity contribution >= 4 is 17.5 Å². The summed E-state index contributed by atoms with van der Waals surface area (Å²) in [5.41, 5.74) is 6.21. The van der Waals surface area contributed by atoms with E-state index >= 15 is 0 Å². The zero-order valence-electron chi connectivity index (χ0n) is 28.1. The lowest BCUT2D eigenvalue weighted by atomic mass is 9.67. The van der Waals surface area contributed by atoms with Gasteiger partial charge >= 0.3 is 23.7 Å². The number of fused-ring (bicyclic) bond motifs is 3. The maximum Gasteiger partial charge on any atom is 0.396 e. The highest BCUT2D eigenvalue weighted by molar-refractivity contribution is 6.26. The molecule has 54 heavy (non-hydrogen) atoms. The Hall–Kier alpha value is -6.81. The second kappa shape index (κ2) is 12.1. The van der Waals surface area contributed by atoms with Gasteiger partial charge in [-0.1, -0.05) is 140 Å². The standard InChI is InChI=1S/C44H26F4N4O2/c45-43(46)40(53)52(41(54)44(43,47)48)32-23-21-31(22-24-32)42(30-16-8-3-9-17-30)35-19-11-10-18-33(35)34-26-29(20-25-36(34)42)39-50-37(27-12-4-1-5-13-27)49-38(51-39)28-14-6-2-7-15-28/h1-26H.